The molecule has 1 saturated heterocycles. The second-order valence-electron chi connectivity index (χ2n) is 6.81. The molecule has 0 amide bonds. The first kappa shape index (κ1) is 19.2. The van der Waals surface area contributed by atoms with Crippen LogP contribution >= 0.6 is 11.6 Å². The summed E-state index contributed by atoms with van der Waals surface area (Å²) in [6.45, 7) is 4.30. The van der Waals surface area contributed by atoms with Gasteiger partial charge in [-0.05, 0) is 43.5 Å². The average molecular weight is 394 g/mol. The molecule has 0 radical (unpaired) electrons. The van der Waals surface area contributed by atoms with E-state index in [0.29, 0.717) is 17.3 Å². The van der Waals surface area contributed by atoms with Gasteiger partial charge in [-0.15, -0.1) is 11.6 Å². The van der Waals surface area contributed by atoms with Gasteiger partial charge < -0.3 is 4.74 Å². The maximum absolute atomic E-state index is 13.2. The molecule has 0 bridgehead atoms. The number of rotatable bonds is 5. The van der Waals surface area contributed by atoms with Crippen LogP contribution in [-0.2, 0) is 10.0 Å². The van der Waals surface area contributed by atoms with Crippen LogP contribution in [0.1, 0.15) is 24.0 Å². The van der Waals surface area contributed by atoms with E-state index in [1.54, 1.807) is 23.5 Å². The van der Waals surface area contributed by atoms with E-state index < -0.39 is 10.0 Å². The highest BCUT2D eigenvalue weighted by Crippen LogP contribution is 2.44. The predicted molar refractivity (Wildman–Crippen MR) is 104 cm³/mol. The van der Waals surface area contributed by atoms with Gasteiger partial charge in [-0.3, -0.25) is 0 Å². The highest BCUT2D eigenvalue weighted by Gasteiger charge is 2.46. The lowest BCUT2D eigenvalue weighted by atomic mass is 9.85. The summed E-state index contributed by atoms with van der Waals surface area (Å²) in [5.41, 5.74) is 2.04. The number of aryl methyl sites for hydroxylation is 1. The molecule has 3 atom stereocenters. The van der Waals surface area contributed by atoms with Crippen molar-refractivity contribution in [1.82, 2.24) is 4.31 Å². The molecule has 0 saturated carbocycles. The molecule has 2 aromatic carbocycles. The minimum atomic E-state index is -3.57. The van der Waals surface area contributed by atoms with E-state index in [1.807, 2.05) is 50.2 Å². The highest BCUT2D eigenvalue weighted by molar-refractivity contribution is 7.89. The molecule has 0 aliphatic carbocycles. The van der Waals surface area contributed by atoms with Crippen LogP contribution in [0.5, 0.6) is 5.75 Å². The van der Waals surface area contributed by atoms with Gasteiger partial charge in [0.25, 0.3) is 0 Å². The lowest BCUT2D eigenvalue weighted by Crippen LogP contribution is -2.35. The number of hydrogen-bond acceptors (Lipinski definition) is 3. The highest BCUT2D eigenvalue weighted by atomic mass is 35.5. The SMILES string of the molecule is COc1ccccc1[C@H]1[C@H](CCl)CN(S(=O)(=O)c2ccc(C)cc2)[C@@H]1C. The molecule has 1 fully saturated rings. The van der Waals surface area contributed by atoms with Crippen LogP contribution in [0.3, 0.4) is 0 Å². The van der Waals surface area contributed by atoms with Crippen molar-refractivity contribution >= 4 is 21.6 Å². The number of methoxy groups -OCH3 is 1. The van der Waals surface area contributed by atoms with Crippen LogP contribution in [0.15, 0.2) is 53.4 Å². The molecular weight excluding hydrogens is 370 g/mol. The lowest BCUT2D eigenvalue weighted by molar-refractivity contribution is 0.377. The summed E-state index contributed by atoms with van der Waals surface area (Å²) in [4.78, 5) is 0.323. The van der Waals surface area contributed by atoms with Gasteiger partial charge in [-0.2, -0.15) is 4.31 Å². The molecule has 140 valence electrons. The van der Waals surface area contributed by atoms with Crippen LogP contribution in [0.25, 0.3) is 0 Å². The second kappa shape index (κ2) is 7.59. The third kappa shape index (κ3) is 3.36. The second-order valence-corrected chi connectivity index (χ2v) is 9.01. The van der Waals surface area contributed by atoms with Gasteiger partial charge in [-0.1, -0.05) is 35.9 Å². The summed E-state index contributed by atoms with van der Waals surface area (Å²) >= 11 is 6.23. The Morgan fingerprint density at radius 1 is 1.15 bits per heavy atom. The molecular formula is C20H24ClNO3S. The molecule has 1 aliphatic rings. The maximum Gasteiger partial charge on any atom is 0.243 e. The Kier molecular flexibility index (Phi) is 5.61. The van der Waals surface area contributed by atoms with E-state index in [4.69, 9.17) is 16.3 Å². The monoisotopic (exact) mass is 393 g/mol. The van der Waals surface area contributed by atoms with Crippen LogP contribution in [0.2, 0.25) is 0 Å². The number of nitrogens with zero attached hydrogens (tertiary/aromatic N) is 1. The third-order valence-corrected chi connectivity index (χ3v) is 7.58. The number of para-hydroxylation sites is 1. The molecule has 2 aromatic rings. The van der Waals surface area contributed by atoms with Crippen molar-refractivity contribution in [2.24, 2.45) is 5.92 Å². The Morgan fingerprint density at radius 3 is 2.42 bits per heavy atom. The minimum Gasteiger partial charge on any atom is -0.496 e. The molecule has 6 heteroatoms. The summed E-state index contributed by atoms with van der Waals surface area (Å²) < 4.78 is 33.5. The first-order valence-corrected chi connectivity index (χ1v) is 10.6. The summed E-state index contributed by atoms with van der Waals surface area (Å²) in [5, 5.41) is 0. The Bertz CT molecular complexity index is 867. The van der Waals surface area contributed by atoms with Gasteiger partial charge in [-0.25, -0.2) is 8.42 Å². The summed E-state index contributed by atoms with van der Waals surface area (Å²) in [6, 6.07) is 14.6. The number of sulfonamides is 1. The van der Waals surface area contributed by atoms with E-state index in [0.717, 1.165) is 16.9 Å². The number of hydrogen-bond donors (Lipinski definition) is 0. The molecule has 0 N–H and O–H groups in total. The van der Waals surface area contributed by atoms with Crippen LogP contribution in [0.4, 0.5) is 0 Å². The minimum absolute atomic E-state index is 0.0103. The van der Waals surface area contributed by atoms with Crippen molar-refractivity contribution in [3.63, 3.8) is 0 Å². The van der Waals surface area contributed by atoms with Crippen molar-refractivity contribution in [3.05, 3.63) is 59.7 Å². The molecule has 1 aliphatic heterocycles. The van der Waals surface area contributed by atoms with E-state index in [9.17, 15) is 8.42 Å². The average Bonchev–Trinajstić information content (AvgIpc) is 2.99. The molecule has 26 heavy (non-hydrogen) atoms. The van der Waals surface area contributed by atoms with E-state index >= 15 is 0 Å². The molecule has 0 spiro atoms. The van der Waals surface area contributed by atoms with Crippen molar-refractivity contribution in [3.8, 4) is 5.75 Å². The maximum atomic E-state index is 13.2. The predicted octanol–water partition coefficient (Wildman–Crippen LogP) is 4.04. The first-order valence-electron chi connectivity index (χ1n) is 8.67. The number of alkyl halides is 1. The summed E-state index contributed by atoms with van der Waals surface area (Å²) in [6.07, 6.45) is 0. The molecule has 3 rings (SSSR count). The summed E-state index contributed by atoms with van der Waals surface area (Å²) in [5.74, 6) is 1.19. The first-order chi connectivity index (χ1) is 12.4. The zero-order valence-electron chi connectivity index (χ0n) is 15.2. The fraction of sp³-hybridized carbons (Fsp3) is 0.400. The molecule has 1 heterocycles. The molecule has 0 aromatic heterocycles. The Balaban J connectivity index is 2.00. The standard InChI is InChI=1S/C20H24ClNO3S/c1-14-8-10-17(11-9-14)26(23,24)22-13-16(12-21)20(15(22)2)18-6-4-5-7-19(18)25-3/h4-11,15-16,20H,12-13H2,1-3H3/t15-,16-,20-/m1/s1. The number of benzene rings is 2. The van der Waals surface area contributed by atoms with Crippen molar-refractivity contribution < 1.29 is 13.2 Å². The fourth-order valence-electron chi connectivity index (χ4n) is 3.85. The van der Waals surface area contributed by atoms with E-state index in [-0.39, 0.29) is 17.9 Å². The smallest absolute Gasteiger partial charge is 0.243 e. The van der Waals surface area contributed by atoms with Crippen molar-refractivity contribution in [1.29, 1.82) is 0 Å². The van der Waals surface area contributed by atoms with Crippen LogP contribution in [-0.4, -0.2) is 38.3 Å². The lowest BCUT2D eigenvalue weighted by Gasteiger charge is -2.26. The Hall–Kier alpha value is -1.56. The quantitative estimate of drug-likeness (QED) is 0.720. The van der Waals surface area contributed by atoms with Gasteiger partial charge in [0.05, 0.1) is 12.0 Å². The van der Waals surface area contributed by atoms with Crippen molar-refractivity contribution in [2.75, 3.05) is 19.5 Å². The number of halogens is 1. The zero-order valence-corrected chi connectivity index (χ0v) is 16.8. The topological polar surface area (TPSA) is 46.6 Å². The third-order valence-electron chi connectivity index (χ3n) is 5.22. The van der Waals surface area contributed by atoms with Gasteiger partial charge >= 0.3 is 0 Å². The molecule has 4 nitrogen and oxygen atoms in total. The van der Waals surface area contributed by atoms with E-state index in [1.165, 1.54) is 0 Å². The van der Waals surface area contributed by atoms with Gasteiger partial charge in [0.15, 0.2) is 0 Å². The number of ether oxygens (including phenoxy) is 1. The summed E-state index contributed by atoms with van der Waals surface area (Å²) in [7, 11) is -1.94. The zero-order chi connectivity index (χ0) is 18.9. The van der Waals surface area contributed by atoms with Gasteiger partial charge in [0.1, 0.15) is 5.75 Å². The Labute approximate surface area is 160 Å². The Morgan fingerprint density at radius 2 is 1.81 bits per heavy atom. The van der Waals surface area contributed by atoms with Gasteiger partial charge in [0, 0.05) is 24.4 Å². The van der Waals surface area contributed by atoms with E-state index in [2.05, 4.69) is 0 Å². The normalized spacial score (nSPS) is 23.9. The van der Waals surface area contributed by atoms with Gasteiger partial charge in [0.2, 0.25) is 10.0 Å². The van der Waals surface area contributed by atoms with Crippen LogP contribution < -0.4 is 4.74 Å². The van der Waals surface area contributed by atoms with Crippen molar-refractivity contribution in [2.45, 2.75) is 30.7 Å². The largest absolute Gasteiger partial charge is 0.496 e. The molecule has 0 unspecified atom stereocenters. The van der Waals surface area contributed by atoms with Crippen LogP contribution in [0, 0.1) is 12.8 Å². The fourth-order valence-corrected chi connectivity index (χ4v) is 5.84.